The first-order chi connectivity index (χ1) is 19.7. The van der Waals surface area contributed by atoms with Gasteiger partial charge < -0.3 is 20.9 Å². The number of nitrogens with zero attached hydrogens (tertiary/aromatic N) is 2. The molecule has 0 aliphatic rings. The van der Waals surface area contributed by atoms with E-state index in [-0.39, 0.29) is 11.3 Å². The van der Waals surface area contributed by atoms with E-state index < -0.39 is 5.41 Å². The summed E-state index contributed by atoms with van der Waals surface area (Å²) >= 11 is 0. The first-order valence-electron chi connectivity index (χ1n) is 13.6. The van der Waals surface area contributed by atoms with Gasteiger partial charge in [-0.05, 0) is 28.2 Å². The lowest BCUT2D eigenvalue weighted by molar-refractivity contribution is -0.144. The lowest BCUT2D eigenvalue weighted by atomic mass is 9.67. The van der Waals surface area contributed by atoms with Crippen molar-refractivity contribution in [3.8, 4) is 24.1 Å². The molecule has 0 unspecified atom stereocenters. The fraction of sp³-hybridized carbons (Fsp3) is 0.344. The van der Waals surface area contributed by atoms with Crippen LogP contribution in [-0.2, 0) is 17.9 Å². The second kappa shape index (κ2) is 14.4. The number of aromatic nitrogens is 3. The highest BCUT2D eigenvalue weighted by molar-refractivity contribution is 5.91. The molecular formula is C32H41N7O2. The first-order valence-corrected chi connectivity index (χ1v) is 13.6. The van der Waals surface area contributed by atoms with Gasteiger partial charge in [-0.25, -0.2) is 15.4 Å². The van der Waals surface area contributed by atoms with E-state index in [1.165, 1.54) is 11.1 Å². The molecule has 9 heteroatoms. The molecule has 0 radical (unpaired) electrons. The number of aromatic amines is 1. The fourth-order valence-corrected chi connectivity index (χ4v) is 4.30. The van der Waals surface area contributed by atoms with Gasteiger partial charge in [-0.3, -0.25) is 10.0 Å². The standard InChI is InChI=1S/C30H39N7O2.C2H2/c1-29(2,30(3,4)28(38)37-39)19-32-15-14-31-17-22-10-12-23(13-11-22)25-16-24-26(34-20-35-27(24)36-25)33-18-21-8-6-5-7-9-21;1-2/h5-13,16,20,31-32,39H,14-15,17-19H2,1-4H3,(H,37,38)(H2,33,34,35,36);1-2H. The summed E-state index contributed by atoms with van der Waals surface area (Å²) in [5.74, 6) is 0.431. The van der Waals surface area contributed by atoms with Crippen LogP contribution >= 0.6 is 0 Å². The maximum Gasteiger partial charge on any atom is 0.249 e. The molecule has 0 bridgehead atoms. The van der Waals surface area contributed by atoms with Crippen molar-refractivity contribution in [1.29, 1.82) is 0 Å². The van der Waals surface area contributed by atoms with Gasteiger partial charge in [0.2, 0.25) is 5.91 Å². The molecule has 41 heavy (non-hydrogen) atoms. The number of hydrogen-bond acceptors (Lipinski definition) is 7. The number of benzene rings is 2. The normalized spacial score (nSPS) is 11.5. The quantitative estimate of drug-likeness (QED) is 0.0610. The number of rotatable bonds is 13. The van der Waals surface area contributed by atoms with Crippen molar-refractivity contribution in [3.63, 3.8) is 0 Å². The number of hydroxylamine groups is 1. The number of hydrogen-bond donors (Lipinski definition) is 6. The van der Waals surface area contributed by atoms with Crippen LogP contribution in [0.5, 0.6) is 0 Å². The summed E-state index contributed by atoms with van der Waals surface area (Å²) in [5.41, 5.74) is 6.02. The highest BCUT2D eigenvalue weighted by Crippen LogP contribution is 2.38. The first kappa shape index (κ1) is 31.3. The predicted octanol–water partition coefficient (Wildman–Crippen LogP) is 4.72. The Kier molecular flexibility index (Phi) is 11.0. The summed E-state index contributed by atoms with van der Waals surface area (Å²) in [7, 11) is 0. The van der Waals surface area contributed by atoms with Gasteiger partial charge in [-0.15, -0.1) is 12.8 Å². The number of amides is 1. The molecule has 0 saturated carbocycles. The molecule has 4 rings (SSSR count). The summed E-state index contributed by atoms with van der Waals surface area (Å²) in [4.78, 5) is 24.3. The van der Waals surface area contributed by atoms with Gasteiger partial charge in [-0.1, -0.05) is 82.3 Å². The Balaban J connectivity index is 0.00000226. The van der Waals surface area contributed by atoms with Crippen molar-refractivity contribution in [1.82, 2.24) is 31.1 Å². The molecule has 0 aliphatic heterocycles. The van der Waals surface area contributed by atoms with E-state index in [2.05, 4.69) is 86.2 Å². The molecule has 2 aromatic heterocycles. The fourth-order valence-electron chi connectivity index (χ4n) is 4.30. The van der Waals surface area contributed by atoms with E-state index in [0.717, 1.165) is 47.7 Å². The third kappa shape index (κ3) is 7.92. The van der Waals surface area contributed by atoms with Gasteiger partial charge in [0.05, 0.1) is 10.8 Å². The molecule has 0 spiro atoms. The summed E-state index contributed by atoms with van der Waals surface area (Å²) in [6.07, 6.45) is 9.58. The van der Waals surface area contributed by atoms with Crippen LogP contribution in [-0.4, -0.2) is 45.7 Å². The molecule has 2 heterocycles. The molecule has 6 N–H and O–H groups in total. The average Bonchev–Trinajstić information content (AvgIpc) is 3.44. The Hall–Kier alpha value is -4.23. The number of fused-ring (bicyclic) bond motifs is 1. The predicted molar refractivity (Wildman–Crippen MR) is 165 cm³/mol. The van der Waals surface area contributed by atoms with Crippen LogP contribution in [0.15, 0.2) is 67.0 Å². The number of terminal acetylenes is 1. The van der Waals surface area contributed by atoms with E-state index >= 15 is 0 Å². The Morgan fingerprint density at radius 3 is 2.24 bits per heavy atom. The van der Waals surface area contributed by atoms with Crippen molar-refractivity contribution >= 4 is 22.8 Å². The second-order valence-electron chi connectivity index (χ2n) is 11.0. The highest BCUT2D eigenvalue weighted by Gasteiger charge is 2.42. The minimum atomic E-state index is -0.707. The number of H-pyrrole nitrogens is 1. The summed E-state index contributed by atoms with van der Waals surface area (Å²) < 4.78 is 0. The zero-order valence-corrected chi connectivity index (χ0v) is 24.3. The summed E-state index contributed by atoms with van der Waals surface area (Å²) in [6.45, 7) is 11.4. The topological polar surface area (TPSA) is 127 Å². The number of carbonyl (C=O) groups is 1. The molecule has 4 aromatic rings. The van der Waals surface area contributed by atoms with Crippen LogP contribution in [0.2, 0.25) is 0 Å². The van der Waals surface area contributed by atoms with Gasteiger partial charge >= 0.3 is 0 Å². The van der Waals surface area contributed by atoms with Gasteiger partial charge in [0.25, 0.3) is 0 Å². The van der Waals surface area contributed by atoms with Gasteiger partial charge in [0.1, 0.15) is 17.8 Å². The Bertz CT molecular complexity index is 1410. The van der Waals surface area contributed by atoms with Crippen molar-refractivity contribution in [2.24, 2.45) is 10.8 Å². The molecule has 1 amide bonds. The molecule has 0 aliphatic carbocycles. The van der Waals surface area contributed by atoms with E-state index in [1.807, 2.05) is 45.9 Å². The van der Waals surface area contributed by atoms with E-state index in [1.54, 1.807) is 11.8 Å². The van der Waals surface area contributed by atoms with Crippen molar-refractivity contribution in [2.45, 2.75) is 40.8 Å². The van der Waals surface area contributed by atoms with E-state index in [9.17, 15) is 4.79 Å². The zero-order chi connectivity index (χ0) is 29.9. The van der Waals surface area contributed by atoms with Crippen LogP contribution in [0.4, 0.5) is 5.82 Å². The molecule has 0 fully saturated rings. The Morgan fingerprint density at radius 2 is 1.56 bits per heavy atom. The largest absolute Gasteiger partial charge is 0.365 e. The van der Waals surface area contributed by atoms with Crippen LogP contribution in [0, 0.1) is 23.7 Å². The van der Waals surface area contributed by atoms with Crippen molar-refractivity contribution < 1.29 is 10.0 Å². The van der Waals surface area contributed by atoms with Crippen LogP contribution in [0.1, 0.15) is 38.8 Å². The van der Waals surface area contributed by atoms with Crippen LogP contribution in [0.3, 0.4) is 0 Å². The number of nitrogens with one attached hydrogen (secondary N) is 5. The van der Waals surface area contributed by atoms with Crippen molar-refractivity contribution in [3.05, 3.63) is 78.1 Å². The highest BCUT2D eigenvalue weighted by atomic mass is 16.5. The molecule has 2 aromatic carbocycles. The third-order valence-corrected chi connectivity index (χ3v) is 7.73. The molecule has 216 valence electrons. The Morgan fingerprint density at radius 1 is 0.902 bits per heavy atom. The molecule has 9 nitrogen and oxygen atoms in total. The monoisotopic (exact) mass is 555 g/mol. The van der Waals surface area contributed by atoms with E-state index in [4.69, 9.17) is 5.21 Å². The molecule has 0 saturated heterocycles. The Labute approximate surface area is 242 Å². The summed E-state index contributed by atoms with van der Waals surface area (Å²) in [5, 5.41) is 20.3. The van der Waals surface area contributed by atoms with E-state index in [0.29, 0.717) is 13.1 Å². The maximum atomic E-state index is 12.0. The number of anilines is 1. The van der Waals surface area contributed by atoms with Gasteiger partial charge in [0.15, 0.2) is 0 Å². The van der Waals surface area contributed by atoms with Crippen LogP contribution < -0.4 is 21.4 Å². The minimum absolute atomic E-state index is 0.331. The van der Waals surface area contributed by atoms with Crippen LogP contribution in [0.25, 0.3) is 22.3 Å². The van der Waals surface area contributed by atoms with Gasteiger partial charge in [-0.2, -0.15) is 0 Å². The van der Waals surface area contributed by atoms with Gasteiger partial charge in [0, 0.05) is 38.4 Å². The average molecular weight is 556 g/mol. The summed E-state index contributed by atoms with van der Waals surface area (Å²) in [6, 6.07) is 20.8. The molecular weight excluding hydrogens is 514 g/mol. The maximum absolute atomic E-state index is 12.0. The zero-order valence-electron chi connectivity index (χ0n) is 24.3. The van der Waals surface area contributed by atoms with Crippen molar-refractivity contribution in [2.75, 3.05) is 25.0 Å². The third-order valence-electron chi connectivity index (χ3n) is 7.73. The molecule has 0 atom stereocenters. The lowest BCUT2D eigenvalue weighted by Crippen LogP contribution is -2.50. The lowest BCUT2D eigenvalue weighted by Gasteiger charge is -2.39. The second-order valence-corrected chi connectivity index (χ2v) is 11.0. The minimum Gasteiger partial charge on any atom is -0.365 e. The smallest absolute Gasteiger partial charge is 0.249 e. The number of carbonyl (C=O) groups excluding carboxylic acids is 1. The SMILES string of the molecule is C#C.CC(C)(CNCCNCc1ccc(-c2cc3c(NCc4ccccc4)ncnc3[nH]2)cc1)C(C)(C)C(=O)NO.